The highest BCUT2D eigenvalue weighted by molar-refractivity contribution is 4.61. The molecule has 0 spiro atoms. The van der Waals surface area contributed by atoms with Crippen LogP contribution in [-0.2, 0) is 9.47 Å². The van der Waals surface area contributed by atoms with Gasteiger partial charge in [-0.1, -0.05) is 20.3 Å². The van der Waals surface area contributed by atoms with Gasteiger partial charge in [-0.3, -0.25) is 4.90 Å². The lowest BCUT2D eigenvalue weighted by molar-refractivity contribution is 0.0161. The molecule has 1 unspecified atom stereocenters. The van der Waals surface area contributed by atoms with Crippen molar-refractivity contribution in [3.63, 3.8) is 0 Å². The van der Waals surface area contributed by atoms with Crippen LogP contribution in [0.25, 0.3) is 0 Å². The minimum Gasteiger partial charge on any atom is -0.380 e. The van der Waals surface area contributed by atoms with Crippen LogP contribution < -0.4 is 0 Å². The fraction of sp³-hybridized carbons (Fsp3) is 1.00. The third kappa shape index (κ3) is 6.13. The average molecular weight is 215 g/mol. The molecule has 0 N–H and O–H groups in total. The van der Waals surface area contributed by atoms with Crippen LogP contribution in [-0.4, -0.2) is 51.0 Å². The Hall–Kier alpha value is -0.120. The number of hydrogen-bond donors (Lipinski definition) is 0. The van der Waals surface area contributed by atoms with E-state index in [1.54, 1.807) is 0 Å². The average Bonchev–Trinajstić information content (AvgIpc) is 2.26. The van der Waals surface area contributed by atoms with Crippen LogP contribution in [0.3, 0.4) is 0 Å². The first-order chi connectivity index (χ1) is 7.33. The second-order valence-electron chi connectivity index (χ2n) is 4.42. The molecule has 0 aromatic heterocycles. The lowest BCUT2D eigenvalue weighted by atomic mass is 10.1. The largest absolute Gasteiger partial charge is 0.380 e. The van der Waals surface area contributed by atoms with Gasteiger partial charge in [0.05, 0.1) is 19.8 Å². The van der Waals surface area contributed by atoms with E-state index in [1.807, 2.05) is 0 Å². The van der Waals surface area contributed by atoms with Crippen LogP contribution in [0.2, 0.25) is 0 Å². The molecule has 3 nitrogen and oxygen atoms in total. The molecule has 1 fully saturated rings. The molecule has 0 radical (unpaired) electrons. The Bertz CT molecular complexity index is 147. The van der Waals surface area contributed by atoms with Gasteiger partial charge in [0.25, 0.3) is 0 Å². The molecule has 1 aliphatic rings. The fourth-order valence-electron chi connectivity index (χ4n) is 1.88. The summed E-state index contributed by atoms with van der Waals surface area (Å²) in [5.41, 5.74) is 0. The molecule has 1 aliphatic heterocycles. The highest BCUT2D eigenvalue weighted by atomic mass is 16.5. The minimum atomic E-state index is 0.708. The molecule has 3 heteroatoms. The number of morpholine rings is 1. The van der Waals surface area contributed by atoms with Crippen molar-refractivity contribution in [1.82, 2.24) is 4.90 Å². The first kappa shape index (κ1) is 12.9. The van der Waals surface area contributed by atoms with Gasteiger partial charge in [0, 0.05) is 26.2 Å². The van der Waals surface area contributed by atoms with E-state index in [2.05, 4.69) is 18.7 Å². The van der Waals surface area contributed by atoms with Crippen molar-refractivity contribution in [3.05, 3.63) is 0 Å². The summed E-state index contributed by atoms with van der Waals surface area (Å²) in [5, 5.41) is 0. The molecule has 1 atom stereocenters. The molecule has 1 saturated heterocycles. The molecule has 0 saturated carbocycles. The van der Waals surface area contributed by atoms with Crippen molar-refractivity contribution in [2.24, 2.45) is 5.92 Å². The van der Waals surface area contributed by atoms with Crippen LogP contribution in [0, 0.1) is 5.92 Å². The van der Waals surface area contributed by atoms with Gasteiger partial charge in [0.15, 0.2) is 0 Å². The van der Waals surface area contributed by atoms with Crippen molar-refractivity contribution in [3.8, 4) is 0 Å². The van der Waals surface area contributed by atoms with Gasteiger partial charge in [-0.15, -0.1) is 0 Å². The summed E-state index contributed by atoms with van der Waals surface area (Å²) in [7, 11) is 0. The van der Waals surface area contributed by atoms with Crippen LogP contribution in [0.15, 0.2) is 0 Å². The van der Waals surface area contributed by atoms with Crippen molar-refractivity contribution in [2.75, 3.05) is 46.1 Å². The summed E-state index contributed by atoms with van der Waals surface area (Å²) in [6, 6.07) is 0. The molecule has 0 amide bonds. The lowest BCUT2D eigenvalue weighted by Crippen LogP contribution is -2.38. The summed E-state index contributed by atoms with van der Waals surface area (Å²) < 4.78 is 11.0. The van der Waals surface area contributed by atoms with Crippen molar-refractivity contribution in [1.29, 1.82) is 0 Å². The molecule has 0 aromatic carbocycles. The van der Waals surface area contributed by atoms with Gasteiger partial charge in [-0.25, -0.2) is 0 Å². The Morgan fingerprint density at radius 1 is 1.33 bits per heavy atom. The molecule has 1 rings (SSSR count). The third-order valence-electron chi connectivity index (χ3n) is 2.84. The smallest absolute Gasteiger partial charge is 0.0594 e. The SMILES string of the molecule is CCCC(C)COCCN1CCOCC1. The summed E-state index contributed by atoms with van der Waals surface area (Å²) in [5.74, 6) is 0.708. The predicted octanol–water partition coefficient (Wildman–Crippen LogP) is 1.77. The first-order valence-electron chi connectivity index (χ1n) is 6.20. The monoisotopic (exact) mass is 215 g/mol. The summed E-state index contributed by atoms with van der Waals surface area (Å²) in [6.07, 6.45) is 2.53. The third-order valence-corrected chi connectivity index (χ3v) is 2.84. The molecule has 0 aliphatic carbocycles. The van der Waals surface area contributed by atoms with Crippen LogP contribution >= 0.6 is 0 Å². The first-order valence-corrected chi connectivity index (χ1v) is 6.20. The summed E-state index contributed by atoms with van der Waals surface area (Å²) >= 11 is 0. The Kier molecular flexibility index (Phi) is 6.98. The van der Waals surface area contributed by atoms with Crippen molar-refractivity contribution >= 4 is 0 Å². The molecule has 1 heterocycles. The van der Waals surface area contributed by atoms with E-state index in [9.17, 15) is 0 Å². The molecule has 0 bridgehead atoms. The summed E-state index contributed by atoms with van der Waals surface area (Å²) in [6.45, 7) is 11.2. The second-order valence-corrected chi connectivity index (χ2v) is 4.42. The lowest BCUT2D eigenvalue weighted by Gasteiger charge is -2.26. The van der Waals surface area contributed by atoms with Crippen LogP contribution in [0.1, 0.15) is 26.7 Å². The van der Waals surface area contributed by atoms with E-state index in [-0.39, 0.29) is 0 Å². The van der Waals surface area contributed by atoms with E-state index in [0.717, 1.165) is 46.1 Å². The van der Waals surface area contributed by atoms with E-state index in [4.69, 9.17) is 9.47 Å². The maximum Gasteiger partial charge on any atom is 0.0594 e. The molecule has 0 aromatic rings. The highest BCUT2D eigenvalue weighted by Crippen LogP contribution is 2.05. The highest BCUT2D eigenvalue weighted by Gasteiger charge is 2.09. The van der Waals surface area contributed by atoms with Gasteiger partial charge in [0.2, 0.25) is 0 Å². The van der Waals surface area contributed by atoms with Gasteiger partial charge >= 0.3 is 0 Å². The minimum absolute atomic E-state index is 0.708. The molecule has 90 valence electrons. The zero-order valence-corrected chi connectivity index (χ0v) is 10.2. The van der Waals surface area contributed by atoms with Crippen molar-refractivity contribution < 1.29 is 9.47 Å². The van der Waals surface area contributed by atoms with E-state index < -0.39 is 0 Å². The Morgan fingerprint density at radius 3 is 2.73 bits per heavy atom. The topological polar surface area (TPSA) is 21.7 Å². The Labute approximate surface area is 93.7 Å². The molecular weight excluding hydrogens is 190 g/mol. The Morgan fingerprint density at radius 2 is 2.07 bits per heavy atom. The fourth-order valence-corrected chi connectivity index (χ4v) is 1.88. The number of nitrogens with zero attached hydrogens (tertiary/aromatic N) is 1. The standard InChI is InChI=1S/C12H25NO2/c1-3-4-12(2)11-15-10-7-13-5-8-14-9-6-13/h12H,3-11H2,1-2H3. The normalized spacial score (nSPS) is 20.4. The van der Waals surface area contributed by atoms with Gasteiger partial charge in [-0.2, -0.15) is 0 Å². The number of hydrogen-bond acceptors (Lipinski definition) is 3. The quantitative estimate of drug-likeness (QED) is 0.604. The molecular formula is C12H25NO2. The summed E-state index contributed by atoms with van der Waals surface area (Å²) in [4.78, 5) is 2.41. The van der Waals surface area contributed by atoms with E-state index in [1.165, 1.54) is 12.8 Å². The van der Waals surface area contributed by atoms with Gasteiger partial charge in [-0.05, 0) is 12.3 Å². The maximum absolute atomic E-state index is 5.67. The number of rotatable bonds is 7. The van der Waals surface area contributed by atoms with E-state index in [0.29, 0.717) is 5.92 Å². The van der Waals surface area contributed by atoms with Crippen molar-refractivity contribution in [2.45, 2.75) is 26.7 Å². The maximum atomic E-state index is 5.67. The molecule has 15 heavy (non-hydrogen) atoms. The van der Waals surface area contributed by atoms with Gasteiger partial charge < -0.3 is 9.47 Å². The predicted molar refractivity (Wildman–Crippen MR) is 62.2 cm³/mol. The zero-order chi connectivity index (χ0) is 10.9. The van der Waals surface area contributed by atoms with E-state index >= 15 is 0 Å². The second kappa shape index (κ2) is 8.08. The zero-order valence-electron chi connectivity index (χ0n) is 10.2. The van der Waals surface area contributed by atoms with Gasteiger partial charge in [0.1, 0.15) is 0 Å². The number of ether oxygens (including phenoxy) is 2. The van der Waals surface area contributed by atoms with Crippen LogP contribution in [0.4, 0.5) is 0 Å². The Balaban J connectivity index is 1.91. The van der Waals surface area contributed by atoms with Crippen LogP contribution in [0.5, 0.6) is 0 Å².